The highest BCUT2D eigenvalue weighted by Gasteiger charge is 2.04. The lowest BCUT2D eigenvalue weighted by Crippen LogP contribution is -1.99. The number of nitrogens with zero attached hydrogens (tertiary/aromatic N) is 1. The predicted molar refractivity (Wildman–Crippen MR) is 79.6 cm³/mol. The molecule has 0 aliphatic carbocycles. The van der Waals surface area contributed by atoms with Gasteiger partial charge in [0, 0.05) is 23.3 Å². The molecule has 0 unspecified atom stereocenters. The lowest BCUT2D eigenvalue weighted by molar-refractivity contribution is 0.0983. The molecule has 0 radical (unpaired) electrons. The van der Waals surface area contributed by atoms with Crippen molar-refractivity contribution in [3.63, 3.8) is 0 Å². The Morgan fingerprint density at radius 3 is 2.74 bits per heavy atom. The van der Waals surface area contributed by atoms with E-state index in [-0.39, 0.29) is 5.78 Å². The van der Waals surface area contributed by atoms with Gasteiger partial charge in [-0.1, -0.05) is 36.8 Å². The summed E-state index contributed by atoms with van der Waals surface area (Å²) in [4.78, 5) is 16.8. The Kier molecular flexibility index (Phi) is 4.74. The van der Waals surface area contributed by atoms with Crippen LogP contribution in [0.5, 0.6) is 0 Å². The fourth-order valence-electron chi connectivity index (χ4n) is 1.78. The second kappa shape index (κ2) is 6.53. The maximum atomic E-state index is 11.5. The first-order chi connectivity index (χ1) is 9.19. The van der Waals surface area contributed by atoms with E-state index in [9.17, 15) is 4.79 Å². The predicted octanol–water partition coefficient (Wildman–Crippen LogP) is 4.28. The van der Waals surface area contributed by atoms with Crippen LogP contribution in [0, 0.1) is 6.92 Å². The Balaban J connectivity index is 1.98. The van der Waals surface area contributed by atoms with Gasteiger partial charge in [-0.3, -0.25) is 9.78 Å². The van der Waals surface area contributed by atoms with Gasteiger partial charge in [-0.25, -0.2) is 0 Å². The molecule has 3 heteroatoms. The number of benzene rings is 1. The molecule has 0 atom stereocenters. The van der Waals surface area contributed by atoms with Crippen LogP contribution < -0.4 is 0 Å². The Bertz CT molecular complexity index is 563. The van der Waals surface area contributed by atoms with Crippen LogP contribution in [0.2, 0.25) is 0 Å². The number of aromatic nitrogens is 1. The Morgan fingerprint density at radius 2 is 2.11 bits per heavy atom. The highest BCUT2D eigenvalue weighted by Crippen LogP contribution is 2.22. The van der Waals surface area contributed by atoms with Crippen molar-refractivity contribution in [2.45, 2.75) is 30.9 Å². The summed E-state index contributed by atoms with van der Waals surface area (Å²) in [5, 5.41) is 0. The van der Waals surface area contributed by atoms with Crippen molar-refractivity contribution in [3.05, 3.63) is 59.4 Å². The van der Waals surface area contributed by atoms with Gasteiger partial charge in [0.25, 0.3) is 0 Å². The van der Waals surface area contributed by atoms with E-state index in [1.165, 1.54) is 11.1 Å². The van der Waals surface area contributed by atoms with Crippen molar-refractivity contribution >= 4 is 17.5 Å². The zero-order chi connectivity index (χ0) is 13.7. The summed E-state index contributed by atoms with van der Waals surface area (Å²) in [6.45, 7) is 3.95. The van der Waals surface area contributed by atoms with Crippen LogP contribution in [0.15, 0.2) is 47.5 Å². The molecule has 1 heterocycles. The molecule has 0 saturated carbocycles. The largest absolute Gasteiger partial charge is 0.292 e. The van der Waals surface area contributed by atoms with Crippen LogP contribution >= 0.6 is 11.8 Å². The van der Waals surface area contributed by atoms with Gasteiger partial charge in [0.15, 0.2) is 5.78 Å². The number of carbonyl (C=O) groups is 1. The molecule has 2 nitrogen and oxygen atoms in total. The third-order valence-corrected chi connectivity index (χ3v) is 3.88. The van der Waals surface area contributed by atoms with Gasteiger partial charge in [0.1, 0.15) is 5.69 Å². The third-order valence-electron chi connectivity index (χ3n) is 2.83. The number of hydrogen-bond acceptors (Lipinski definition) is 3. The molecule has 0 saturated heterocycles. The van der Waals surface area contributed by atoms with Crippen molar-refractivity contribution in [2.75, 3.05) is 0 Å². The maximum Gasteiger partial charge on any atom is 0.180 e. The number of pyridine rings is 1. The molecule has 19 heavy (non-hydrogen) atoms. The number of hydrogen-bond donors (Lipinski definition) is 0. The highest BCUT2D eigenvalue weighted by molar-refractivity contribution is 7.98. The maximum absolute atomic E-state index is 11.5. The quantitative estimate of drug-likeness (QED) is 0.600. The summed E-state index contributed by atoms with van der Waals surface area (Å²) in [6, 6.07) is 12.3. The lowest BCUT2D eigenvalue weighted by Gasteiger charge is -2.04. The number of Topliss-reactive ketones (excluding diaryl/α,β-unsaturated/α-hetero) is 1. The minimum Gasteiger partial charge on any atom is -0.292 e. The topological polar surface area (TPSA) is 30.0 Å². The second-order valence-corrected chi connectivity index (χ2v) is 5.48. The first-order valence-corrected chi connectivity index (χ1v) is 7.35. The first-order valence-electron chi connectivity index (χ1n) is 6.36. The third kappa shape index (κ3) is 3.93. The number of aryl methyl sites for hydroxylation is 1. The summed E-state index contributed by atoms with van der Waals surface area (Å²) in [5.41, 5.74) is 3.14. The van der Waals surface area contributed by atoms with Gasteiger partial charge in [-0.05, 0) is 24.6 Å². The molecular formula is C16H17NOS. The molecule has 0 spiro atoms. The van der Waals surface area contributed by atoms with Crippen molar-refractivity contribution in [1.29, 1.82) is 0 Å². The molecular weight excluding hydrogens is 254 g/mol. The van der Waals surface area contributed by atoms with Crippen LogP contribution in [-0.4, -0.2) is 10.8 Å². The van der Waals surface area contributed by atoms with Gasteiger partial charge >= 0.3 is 0 Å². The molecule has 0 aliphatic rings. The standard InChI is InChI=1S/C16H17NOS/c1-3-16(18)15-8-7-14(10-17-15)19-11-13-6-4-5-12(2)9-13/h4-10H,3,11H2,1-2H3. The van der Waals surface area contributed by atoms with Crippen molar-refractivity contribution < 1.29 is 4.79 Å². The van der Waals surface area contributed by atoms with Crippen LogP contribution in [0.1, 0.15) is 35.0 Å². The SMILES string of the molecule is CCC(=O)c1ccc(SCc2cccc(C)c2)cn1. The summed E-state index contributed by atoms with van der Waals surface area (Å²) in [5.74, 6) is 1.01. The van der Waals surface area contributed by atoms with E-state index in [2.05, 4.69) is 36.2 Å². The fraction of sp³-hybridized carbons (Fsp3) is 0.250. The molecule has 1 aromatic heterocycles. The van der Waals surface area contributed by atoms with E-state index in [1.807, 2.05) is 19.1 Å². The van der Waals surface area contributed by atoms with Gasteiger partial charge < -0.3 is 0 Å². The average molecular weight is 271 g/mol. The summed E-state index contributed by atoms with van der Waals surface area (Å²) >= 11 is 1.74. The Hall–Kier alpha value is -1.61. The minimum absolute atomic E-state index is 0.0928. The van der Waals surface area contributed by atoms with E-state index in [4.69, 9.17) is 0 Å². The van der Waals surface area contributed by atoms with Gasteiger partial charge in [0.2, 0.25) is 0 Å². The van der Waals surface area contributed by atoms with Gasteiger partial charge in [-0.2, -0.15) is 0 Å². The highest BCUT2D eigenvalue weighted by atomic mass is 32.2. The summed E-state index contributed by atoms with van der Waals surface area (Å²) in [7, 11) is 0. The van der Waals surface area contributed by atoms with E-state index in [0.29, 0.717) is 12.1 Å². The van der Waals surface area contributed by atoms with Crippen LogP contribution in [-0.2, 0) is 5.75 Å². The lowest BCUT2D eigenvalue weighted by atomic mass is 10.2. The van der Waals surface area contributed by atoms with Crippen LogP contribution in [0.4, 0.5) is 0 Å². The summed E-state index contributed by atoms with van der Waals surface area (Å²) in [6.07, 6.45) is 2.28. The fourth-order valence-corrected chi connectivity index (χ4v) is 2.58. The number of ketones is 1. The molecule has 0 bridgehead atoms. The first kappa shape index (κ1) is 13.8. The van der Waals surface area contributed by atoms with Crippen LogP contribution in [0.3, 0.4) is 0 Å². The van der Waals surface area contributed by atoms with Gasteiger partial charge in [0.05, 0.1) is 0 Å². The molecule has 2 rings (SSSR count). The Labute approximate surface area is 118 Å². The number of thioether (sulfide) groups is 1. The molecule has 2 aromatic rings. The van der Waals surface area contributed by atoms with Crippen molar-refractivity contribution in [3.8, 4) is 0 Å². The molecule has 98 valence electrons. The minimum atomic E-state index is 0.0928. The zero-order valence-corrected chi connectivity index (χ0v) is 12.0. The van der Waals surface area contributed by atoms with Crippen LogP contribution in [0.25, 0.3) is 0 Å². The molecule has 1 aromatic carbocycles. The molecule has 0 fully saturated rings. The average Bonchev–Trinajstić information content (AvgIpc) is 2.45. The zero-order valence-electron chi connectivity index (χ0n) is 11.2. The van der Waals surface area contributed by atoms with E-state index >= 15 is 0 Å². The second-order valence-electron chi connectivity index (χ2n) is 4.43. The smallest absolute Gasteiger partial charge is 0.180 e. The van der Waals surface area contributed by atoms with Crippen molar-refractivity contribution in [2.24, 2.45) is 0 Å². The Morgan fingerprint density at radius 1 is 1.26 bits per heavy atom. The molecule has 0 aliphatic heterocycles. The monoisotopic (exact) mass is 271 g/mol. The molecule has 0 N–H and O–H groups in total. The normalized spacial score (nSPS) is 10.4. The van der Waals surface area contributed by atoms with Gasteiger partial charge in [-0.15, -0.1) is 11.8 Å². The summed E-state index contributed by atoms with van der Waals surface area (Å²) < 4.78 is 0. The number of carbonyl (C=O) groups excluding carboxylic acids is 1. The van der Waals surface area contributed by atoms with E-state index in [0.717, 1.165) is 10.6 Å². The molecule has 0 amide bonds. The van der Waals surface area contributed by atoms with Crippen molar-refractivity contribution in [1.82, 2.24) is 4.98 Å². The van der Waals surface area contributed by atoms with E-state index in [1.54, 1.807) is 18.0 Å². The number of rotatable bonds is 5. The van der Waals surface area contributed by atoms with E-state index < -0.39 is 0 Å².